The van der Waals surface area contributed by atoms with Gasteiger partial charge in [-0.2, -0.15) is 5.10 Å². The summed E-state index contributed by atoms with van der Waals surface area (Å²) < 4.78 is 29.1. The van der Waals surface area contributed by atoms with Gasteiger partial charge < -0.3 is 5.32 Å². The van der Waals surface area contributed by atoms with Crippen molar-refractivity contribution in [1.29, 1.82) is 0 Å². The Balaban J connectivity index is 1.23. The molecule has 1 aliphatic heterocycles. The van der Waals surface area contributed by atoms with E-state index in [1.54, 1.807) is 64.4 Å². The predicted molar refractivity (Wildman–Crippen MR) is 161 cm³/mol. The van der Waals surface area contributed by atoms with E-state index in [2.05, 4.69) is 20.6 Å². The summed E-state index contributed by atoms with van der Waals surface area (Å²) in [6.07, 6.45) is 0.500. The number of aromatic nitrogens is 3. The first-order valence-corrected chi connectivity index (χ1v) is 15.2. The number of amides is 2. The zero-order valence-corrected chi connectivity index (χ0v) is 24.2. The van der Waals surface area contributed by atoms with E-state index in [0.717, 1.165) is 27.9 Å². The lowest BCUT2D eigenvalue weighted by Crippen LogP contribution is -2.28. The van der Waals surface area contributed by atoms with E-state index >= 15 is 0 Å². The fourth-order valence-electron chi connectivity index (χ4n) is 4.68. The number of carbonyl (C=O) groups is 2. The number of nitrogens with one attached hydrogen (secondary N) is 1. The van der Waals surface area contributed by atoms with Gasteiger partial charge in [-0.05, 0) is 65.5 Å². The second-order valence-corrected chi connectivity index (χ2v) is 11.5. The van der Waals surface area contributed by atoms with Crippen LogP contribution in [0.25, 0.3) is 5.69 Å². The van der Waals surface area contributed by atoms with Crippen LogP contribution in [0.5, 0.6) is 0 Å². The Hall–Kier alpha value is -4.68. The molecule has 216 valence electrons. The normalized spacial score (nSPS) is 14.5. The Bertz CT molecular complexity index is 1760. The van der Waals surface area contributed by atoms with Crippen molar-refractivity contribution < 1.29 is 18.4 Å². The number of benzene rings is 3. The lowest BCUT2D eigenvalue weighted by Gasteiger charge is -2.22. The van der Waals surface area contributed by atoms with E-state index in [0.29, 0.717) is 28.7 Å². The number of carbonyl (C=O) groups excluding carboxylic acids is 2. The first-order valence-electron chi connectivity index (χ1n) is 13.3. The molecule has 3 aromatic carbocycles. The predicted octanol–water partition coefficient (Wildman–Crippen LogP) is 6.01. The smallest absolute Gasteiger partial charge is 0.253 e. The van der Waals surface area contributed by atoms with Crippen molar-refractivity contribution in [2.45, 2.75) is 24.2 Å². The molecule has 12 heteroatoms. The zero-order chi connectivity index (χ0) is 29.8. The molecule has 43 heavy (non-hydrogen) atoms. The van der Waals surface area contributed by atoms with Gasteiger partial charge >= 0.3 is 0 Å². The van der Waals surface area contributed by atoms with Crippen LogP contribution >= 0.6 is 23.1 Å². The van der Waals surface area contributed by atoms with Gasteiger partial charge in [0.25, 0.3) is 11.8 Å². The van der Waals surface area contributed by atoms with Crippen LogP contribution < -0.4 is 5.32 Å². The summed E-state index contributed by atoms with van der Waals surface area (Å²) in [6.45, 7) is 0.0554. The molecule has 2 aromatic heterocycles. The van der Waals surface area contributed by atoms with Crippen LogP contribution in [0.15, 0.2) is 107 Å². The fraction of sp³-hybridized carbons (Fsp3) is 0.129. The molecule has 0 aliphatic carbocycles. The van der Waals surface area contributed by atoms with E-state index in [4.69, 9.17) is 0 Å². The van der Waals surface area contributed by atoms with Crippen molar-refractivity contribution in [2.24, 2.45) is 5.10 Å². The number of thioether (sulfide) groups is 1. The summed E-state index contributed by atoms with van der Waals surface area (Å²) in [5.74, 6) is -0.910. The summed E-state index contributed by atoms with van der Waals surface area (Å²) in [5, 5.41) is 19.9. The molecule has 1 N–H and O–H groups in total. The quantitative estimate of drug-likeness (QED) is 0.206. The Kier molecular flexibility index (Phi) is 8.38. The van der Waals surface area contributed by atoms with Crippen LogP contribution in [0.1, 0.15) is 39.1 Å². The molecule has 1 atom stereocenters. The van der Waals surface area contributed by atoms with Gasteiger partial charge in [-0.3, -0.25) is 14.2 Å². The van der Waals surface area contributed by atoms with Crippen molar-refractivity contribution in [2.75, 3.05) is 5.75 Å². The van der Waals surface area contributed by atoms with Crippen LogP contribution in [0, 0.1) is 11.6 Å². The Labute approximate surface area is 254 Å². The van der Waals surface area contributed by atoms with Crippen LogP contribution in [0.4, 0.5) is 8.78 Å². The molecule has 0 saturated carbocycles. The van der Waals surface area contributed by atoms with E-state index < -0.39 is 5.82 Å². The van der Waals surface area contributed by atoms with Gasteiger partial charge in [0.1, 0.15) is 11.6 Å². The number of nitrogens with zero attached hydrogens (tertiary/aromatic N) is 5. The van der Waals surface area contributed by atoms with Crippen molar-refractivity contribution in [3.63, 3.8) is 0 Å². The van der Waals surface area contributed by atoms with Crippen LogP contribution in [-0.4, -0.2) is 43.1 Å². The second kappa shape index (κ2) is 12.7. The third-order valence-electron chi connectivity index (χ3n) is 6.78. The molecule has 5 aromatic rings. The van der Waals surface area contributed by atoms with Gasteiger partial charge in [0.2, 0.25) is 0 Å². The van der Waals surface area contributed by atoms with Gasteiger partial charge in [-0.1, -0.05) is 48.2 Å². The van der Waals surface area contributed by atoms with E-state index in [-0.39, 0.29) is 36.0 Å². The van der Waals surface area contributed by atoms with Crippen molar-refractivity contribution in [1.82, 2.24) is 25.1 Å². The second-order valence-electron chi connectivity index (χ2n) is 9.58. The van der Waals surface area contributed by atoms with E-state index in [9.17, 15) is 18.4 Å². The minimum Gasteiger partial charge on any atom is -0.345 e. The summed E-state index contributed by atoms with van der Waals surface area (Å²) in [5.41, 5.74) is 2.64. The third-order valence-corrected chi connectivity index (χ3v) is 8.61. The molecular formula is C31H24F2N6O2S2. The standard InChI is InChI=1S/C31H24F2N6O2S2/c32-22-10-8-20(9-11-22)26-17-25(27-7-4-16-42-27)37-39(26)29(40)19-43-31-36-35-28(38(31)24-14-12-23(33)13-15-24)18-34-30(41)21-5-2-1-3-6-21/h1-16,26H,17-19H2,(H,34,41). The highest BCUT2D eigenvalue weighted by molar-refractivity contribution is 7.99. The average molecular weight is 615 g/mol. The molecule has 0 spiro atoms. The maximum absolute atomic E-state index is 13.7. The molecule has 6 rings (SSSR count). The third kappa shape index (κ3) is 6.40. The molecule has 0 radical (unpaired) electrons. The number of hydrazone groups is 1. The highest BCUT2D eigenvalue weighted by Crippen LogP contribution is 2.35. The molecule has 2 amide bonds. The molecular weight excluding hydrogens is 591 g/mol. The molecule has 0 bridgehead atoms. The van der Waals surface area contributed by atoms with Gasteiger partial charge in [-0.25, -0.2) is 13.8 Å². The number of hydrogen-bond acceptors (Lipinski definition) is 7. The lowest BCUT2D eigenvalue weighted by molar-refractivity contribution is -0.130. The van der Waals surface area contributed by atoms with Gasteiger partial charge in [0.05, 0.1) is 28.9 Å². The molecule has 1 unspecified atom stereocenters. The largest absolute Gasteiger partial charge is 0.345 e. The molecule has 8 nitrogen and oxygen atoms in total. The molecule has 1 aliphatic rings. The SMILES string of the molecule is O=C(NCc1nnc(SCC(=O)N2N=C(c3cccs3)CC2c2ccc(F)cc2)n1-c1ccc(F)cc1)c1ccccc1. The molecule has 0 saturated heterocycles. The fourth-order valence-corrected chi connectivity index (χ4v) is 6.22. The summed E-state index contributed by atoms with van der Waals surface area (Å²) in [4.78, 5) is 27.2. The minimum absolute atomic E-state index is 0.0192. The summed E-state index contributed by atoms with van der Waals surface area (Å²) in [6, 6.07) is 24.2. The highest BCUT2D eigenvalue weighted by Gasteiger charge is 2.33. The Morgan fingerprint density at radius 3 is 2.33 bits per heavy atom. The van der Waals surface area contributed by atoms with Gasteiger partial charge in [0, 0.05) is 17.7 Å². The van der Waals surface area contributed by atoms with Gasteiger partial charge in [-0.15, -0.1) is 21.5 Å². The minimum atomic E-state index is -0.402. The van der Waals surface area contributed by atoms with Crippen LogP contribution in [0.3, 0.4) is 0 Å². The van der Waals surface area contributed by atoms with Crippen molar-refractivity contribution in [3.8, 4) is 5.69 Å². The average Bonchev–Trinajstić information content (AvgIpc) is 3.80. The van der Waals surface area contributed by atoms with Crippen molar-refractivity contribution >= 4 is 40.6 Å². The highest BCUT2D eigenvalue weighted by atomic mass is 32.2. The summed E-state index contributed by atoms with van der Waals surface area (Å²) in [7, 11) is 0. The first kappa shape index (κ1) is 28.4. The van der Waals surface area contributed by atoms with Crippen LogP contribution in [-0.2, 0) is 11.3 Å². The van der Waals surface area contributed by atoms with E-state index in [1.807, 2.05) is 23.6 Å². The monoisotopic (exact) mass is 614 g/mol. The number of hydrogen-bond donors (Lipinski definition) is 1. The maximum Gasteiger partial charge on any atom is 0.253 e. The Morgan fingerprint density at radius 2 is 1.63 bits per heavy atom. The first-order chi connectivity index (χ1) is 21.0. The van der Waals surface area contributed by atoms with E-state index in [1.165, 1.54) is 29.3 Å². The van der Waals surface area contributed by atoms with Crippen molar-refractivity contribution in [3.05, 3.63) is 130 Å². The zero-order valence-electron chi connectivity index (χ0n) is 22.6. The number of thiophene rings is 1. The van der Waals surface area contributed by atoms with Crippen LogP contribution in [0.2, 0.25) is 0 Å². The van der Waals surface area contributed by atoms with Gasteiger partial charge in [0.15, 0.2) is 11.0 Å². The maximum atomic E-state index is 13.7. The molecule has 3 heterocycles. The summed E-state index contributed by atoms with van der Waals surface area (Å²) >= 11 is 2.70. The Morgan fingerprint density at radius 1 is 0.907 bits per heavy atom. The number of halogens is 2. The number of rotatable bonds is 9. The topological polar surface area (TPSA) is 92.5 Å². The lowest BCUT2D eigenvalue weighted by atomic mass is 10.0. The molecule has 0 fully saturated rings.